The van der Waals surface area contributed by atoms with E-state index in [4.69, 9.17) is 4.74 Å². The lowest BCUT2D eigenvalue weighted by Gasteiger charge is -2.29. The minimum atomic E-state index is -1.03. The van der Waals surface area contributed by atoms with Gasteiger partial charge >= 0.3 is 5.97 Å². The highest BCUT2D eigenvalue weighted by Gasteiger charge is 2.43. The maximum Gasteiger partial charge on any atom is 0.322 e. The van der Waals surface area contributed by atoms with Gasteiger partial charge in [-0.05, 0) is 17.7 Å². The quantitative estimate of drug-likeness (QED) is 0.489. The molecule has 0 aromatic heterocycles. The Labute approximate surface area is 146 Å². The minimum absolute atomic E-state index is 0.0602. The lowest BCUT2D eigenvalue weighted by Crippen LogP contribution is -2.39. The van der Waals surface area contributed by atoms with Crippen LogP contribution in [0.4, 0.5) is 0 Å². The van der Waals surface area contributed by atoms with Crippen molar-refractivity contribution in [3.63, 3.8) is 0 Å². The van der Waals surface area contributed by atoms with Crippen LogP contribution >= 0.6 is 0 Å². The Morgan fingerprint density at radius 1 is 1.04 bits per heavy atom. The Balaban J connectivity index is 2.02. The zero-order chi connectivity index (χ0) is 18.0. The number of ether oxygens (including phenoxy) is 1. The lowest BCUT2D eigenvalue weighted by molar-refractivity contribution is -0.139. The first-order valence-corrected chi connectivity index (χ1v) is 8.09. The number of rotatable bonds is 4. The molecule has 2 atom stereocenters. The largest absolute Gasteiger partial charge is 0.425 e. The molecule has 1 aliphatic rings. The third kappa shape index (κ3) is 3.31. The summed E-state index contributed by atoms with van der Waals surface area (Å²) in [5.74, 6) is -2.37. The van der Waals surface area contributed by atoms with E-state index in [1.54, 1.807) is 38.4 Å². The number of fused-ring (bicyclic) bond motifs is 1. The normalized spacial score (nSPS) is 17.4. The maximum atomic E-state index is 13.0. The van der Waals surface area contributed by atoms with E-state index in [-0.39, 0.29) is 23.9 Å². The summed E-state index contributed by atoms with van der Waals surface area (Å²) in [6, 6.07) is 15.9. The Bertz CT molecular complexity index is 813. The molecule has 0 saturated heterocycles. The van der Waals surface area contributed by atoms with Crippen LogP contribution in [0.5, 0.6) is 5.75 Å². The first-order valence-electron chi connectivity index (χ1n) is 8.09. The van der Waals surface area contributed by atoms with Crippen molar-refractivity contribution >= 4 is 17.7 Å². The summed E-state index contributed by atoms with van der Waals surface area (Å²) >= 11 is 0. The molecule has 1 heterocycles. The van der Waals surface area contributed by atoms with Crippen molar-refractivity contribution < 1.29 is 19.1 Å². The molecule has 0 N–H and O–H groups in total. The number of nitrogens with zero attached hydrogens (tertiary/aromatic N) is 1. The standard InChI is InChI=1S/C20H19NO4/c1-21(2)17(22)12-15(13-8-4-3-5-9-13)18-19(23)14-10-6-7-11-16(14)25-20(18)24/h3-11,15,18H,12H2,1-2H3. The molecule has 5 heteroatoms. The third-order valence-electron chi connectivity index (χ3n) is 4.42. The van der Waals surface area contributed by atoms with Crippen molar-refractivity contribution in [3.05, 3.63) is 65.7 Å². The predicted molar refractivity (Wildman–Crippen MR) is 92.4 cm³/mol. The van der Waals surface area contributed by atoms with Crippen molar-refractivity contribution in [2.24, 2.45) is 5.92 Å². The molecule has 2 unspecified atom stereocenters. The van der Waals surface area contributed by atoms with Crippen LogP contribution < -0.4 is 4.74 Å². The molecule has 0 radical (unpaired) electrons. The van der Waals surface area contributed by atoms with Crippen LogP contribution in [0.25, 0.3) is 0 Å². The van der Waals surface area contributed by atoms with E-state index >= 15 is 0 Å². The fraction of sp³-hybridized carbons (Fsp3) is 0.250. The van der Waals surface area contributed by atoms with Crippen molar-refractivity contribution in [3.8, 4) is 5.75 Å². The van der Waals surface area contributed by atoms with Gasteiger partial charge in [-0.2, -0.15) is 0 Å². The summed E-state index contributed by atoms with van der Waals surface area (Å²) in [4.78, 5) is 39.3. The molecule has 1 amide bonds. The van der Waals surface area contributed by atoms with Crippen LogP contribution in [0, 0.1) is 5.92 Å². The fourth-order valence-electron chi connectivity index (χ4n) is 3.05. The SMILES string of the molecule is CN(C)C(=O)CC(c1ccccc1)C1C(=O)Oc2ccccc2C1=O. The van der Waals surface area contributed by atoms with Gasteiger partial charge in [0.05, 0.1) is 5.56 Å². The number of amides is 1. The van der Waals surface area contributed by atoms with Crippen LogP contribution in [0.3, 0.4) is 0 Å². The number of carbonyl (C=O) groups is 3. The van der Waals surface area contributed by atoms with Gasteiger partial charge in [-0.1, -0.05) is 42.5 Å². The lowest BCUT2D eigenvalue weighted by atomic mass is 9.78. The second-order valence-electron chi connectivity index (χ2n) is 6.27. The highest BCUT2D eigenvalue weighted by molar-refractivity contribution is 6.14. The summed E-state index contributed by atoms with van der Waals surface area (Å²) in [6.07, 6.45) is 0.0602. The Morgan fingerprint density at radius 2 is 1.68 bits per heavy atom. The van der Waals surface area contributed by atoms with Gasteiger partial charge in [0.2, 0.25) is 5.91 Å². The second kappa shape index (κ2) is 6.89. The second-order valence-corrected chi connectivity index (χ2v) is 6.27. The average molecular weight is 337 g/mol. The Hall–Kier alpha value is -2.95. The maximum absolute atomic E-state index is 13.0. The number of para-hydroxylation sites is 1. The summed E-state index contributed by atoms with van der Waals surface area (Å²) in [6.45, 7) is 0. The predicted octanol–water partition coefficient (Wildman–Crippen LogP) is 2.67. The van der Waals surface area contributed by atoms with E-state index in [0.29, 0.717) is 5.56 Å². The smallest absolute Gasteiger partial charge is 0.322 e. The van der Waals surface area contributed by atoms with Gasteiger partial charge < -0.3 is 9.64 Å². The van der Waals surface area contributed by atoms with E-state index in [1.807, 2.05) is 30.3 Å². The van der Waals surface area contributed by atoms with Crippen LogP contribution in [0.15, 0.2) is 54.6 Å². The molecule has 1 aliphatic heterocycles. The molecular formula is C20H19NO4. The minimum Gasteiger partial charge on any atom is -0.425 e. The number of hydrogen-bond acceptors (Lipinski definition) is 4. The summed E-state index contributed by atoms with van der Waals surface area (Å²) in [7, 11) is 3.31. The van der Waals surface area contributed by atoms with Gasteiger partial charge in [-0.15, -0.1) is 0 Å². The van der Waals surface area contributed by atoms with E-state index in [0.717, 1.165) is 5.56 Å². The zero-order valence-electron chi connectivity index (χ0n) is 14.1. The molecule has 0 spiro atoms. The average Bonchev–Trinajstić information content (AvgIpc) is 2.61. The first kappa shape index (κ1) is 16.9. The van der Waals surface area contributed by atoms with Crippen molar-refractivity contribution in [2.45, 2.75) is 12.3 Å². The van der Waals surface area contributed by atoms with Crippen LogP contribution in [-0.2, 0) is 9.59 Å². The van der Waals surface area contributed by atoms with Crippen LogP contribution in [0.1, 0.15) is 28.3 Å². The molecule has 5 nitrogen and oxygen atoms in total. The molecule has 3 rings (SSSR count). The van der Waals surface area contributed by atoms with Crippen molar-refractivity contribution in [2.75, 3.05) is 14.1 Å². The van der Waals surface area contributed by atoms with E-state index in [1.165, 1.54) is 4.90 Å². The van der Waals surface area contributed by atoms with Crippen LogP contribution in [-0.4, -0.2) is 36.7 Å². The molecule has 0 fully saturated rings. The highest BCUT2D eigenvalue weighted by Crippen LogP contribution is 2.37. The summed E-state index contributed by atoms with van der Waals surface area (Å²) < 4.78 is 5.37. The van der Waals surface area contributed by atoms with Crippen molar-refractivity contribution in [1.29, 1.82) is 0 Å². The van der Waals surface area contributed by atoms with Gasteiger partial charge in [0.25, 0.3) is 0 Å². The molecule has 0 saturated carbocycles. The summed E-state index contributed by atoms with van der Waals surface area (Å²) in [5.41, 5.74) is 1.15. The molecule has 25 heavy (non-hydrogen) atoms. The monoisotopic (exact) mass is 337 g/mol. The molecule has 128 valence electrons. The Kier molecular flexibility index (Phi) is 4.65. The number of benzene rings is 2. The number of ketones is 1. The Morgan fingerprint density at radius 3 is 2.36 bits per heavy atom. The fourth-order valence-corrected chi connectivity index (χ4v) is 3.05. The van der Waals surface area contributed by atoms with Gasteiger partial charge in [0.1, 0.15) is 11.7 Å². The van der Waals surface area contributed by atoms with Gasteiger partial charge in [0.15, 0.2) is 5.78 Å². The summed E-state index contributed by atoms with van der Waals surface area (Å²) in [5, 5.41) is 0. The van der Waals surface area contributed by atoms with Gasteiger partial charge in [0, 0.05) is 26.4 Å². The molecular weight excluding hydrogens is 318 g/mol. The highest BCUT2D eigenvalue weighted by atomic mass is 16.5. The molecule has 2 aromatic carbocycles. The van der Waals surface area contributed by atoms with Crippen LogP contribution in [0.2, 0.25) is 0 Å². The number of esters is 1. The topological polar surface area (TPSA) is 63.7 Å². The van der Waals surface area contributed by atoms with E-state index in [9.17, 15) is 14.4 Å². The van der Waals surface area contributed by atoms with Crippen molar-refractivity contribution in [1.82, 2.24) is 4.90 Å². The number of carbonyl (C=O) groups excluding carboxylic acids is 3. The number of Topliss-reactive ketones (excluding diaryl/α,β-unsaturated/α-hetero) is 1. The van der Waals surface area contributed by atoms with Gasteiger partial charge in [-0.25, -0.2) is 0 Å². The molecule has 0 bridgehead atoms. The first-order chi connectivity index (χ1) is 12.0. The molecule has 0 aliphatic carbocycles. The number of hydrogen-bond donors (Lipinski definition) is 0. The van der Waals surface area contributed by atoms with E-state index < -0.39 is 17.8 Å². The zero-order valence-corrected chi connectivity index (χ0v) is 14.1. The van der Waals surface area contributed by atoms with Gasteiger partial charge in [-0.3, -0.25) is 14.4 Å². The van der Waals surface area contributed by atoms with E-state index in [2.05, 4.69) is 0 Å². The molecule has 2 aromatic rings. The third-order valence-corrected chi connectivity index (χ3v) is 4.42.